The first kappa shape index (κ1) is 13.6. The lowest BCUT2D eigenvalue weighted by atomic mass is 10.3. The minimum absolute atomic E-state index is 0.149. The Balaban J connectivity index is 1.59. The third-order valence-electron chi connectivity index (χ3n) is 4.02. The van der Waals surface area contributed by atoms with E-state index in [1.165, 1.54) is 0 Å². The van der Waals surface area contributed by atoms with Crippen LogP contribution in [0.25, 0.3) is 11.3 Å². The molecule has 7 nitrogen and oxygen atoms in total. The van der Waals surface area contributed by atoms with Gasteiger partial charge in [0.05, 0.1) is 24.6 Å². The van der Waals surface area contributed by atoms with E-state index in [1.54, 1.807) is 16.9 Å². The van der Waals surface area contributed by atoms with E-state index in [2.05, 4.69) is 15.4 Å². The molecule has 1 amide bonds. The number of fused-ring (bicyclic) bond motifs is 2. The molecule has 0 aliphatic heterocycles. The maximum absolute atomic E-state index is 12.5. The Kier molecular flexibility index (Phi) is 2.94. The van der Waals surface area contributed by atoms with Crippen molar-refractivity contribution in [2.24, 2.45) is 7.05 Å². The number of nitrogens with zero attached hydrogens (tertiary/aromatic N) is 5. The summed E-state index contributed by atoms with van der Waals surface area (Å²) >= 11 is 0. The fourth-order valence-electron chi connectivity index (χ4n) is 2.81. The third kappa shape index (κ3) is 2.09. The molecule has 0 saturated carbocycles. The molecule has 0 aliphatic rings. The number of pyridine rings is 1. The summed E-state index contributed by atoms with van der Waals surface area (Å²) in [5, 5.41) is 7.13. The highest BCUT2D eigenvalue weighted by molar-refractivity contribution is 5.99. The Morgan fingerprint density at radius 1 is 1.26 bits per heavy atom. The van der Waals surface area contributed by atoms with Crippen LogP contribution in [-0.2, 0) is 13.6 Å². The van der Waals surface area contributed by atoms with Gasteiger partial charge < -0.3 is 14.3 Å². The maximum atomic E-state index is 12.5. The number of aryl methyl sites for hydroxylation is 2. The van der Waals surface area contributed by atoms with E-state index in [0.717, 1.165) is 22.6 Å². The van der Waals surface area contributed by atoms with Gasteiger partial charge in [0, 0.05) is 25.6 Å². The highest BCUT2D eigenvalue weighted by atomic mass is 16.1. The largest absolute Gasteiger partial charge is 0.346 e. The Labute approximate surface area is 132 Å². The zero-order valence-corrected chi connectivity index (χ0v) is 12.9. The first-order valence-electron chi connectivity index (χ1n) is 7.33. The van der Waals surface area contributed by atoms with Crippen molar-refractivity contribution in [3.8, 4) is 0 Å². The van der Waals surface area contributed by atoms with E-state index >= 15 is 0 Å². The molecule has 0 unspecified atom stereocenters. The number of nitrogens with one attached hydrogen (secondary N) is 1. The van der Waals surface area contributed by atoms with Gasteiger partial charge in [-0.2, -0.15) is 5.10 Å². The molecule has 0 spiro atoms. The van der Waals surface area contributed by atoms with Gasteiger partial charge in [0.1, 0.15) is 16.9 Å². The molecule has 116 valence electrons. The van der Waals surface area contributed by atoms with Crippen molar-refractivity contribution >= 4 is 17.2 Å². The van der Waals surface area contributed by atoms with Crippen molar-refractivity contribution < 1.29 is 4.79 Å². The van der Waals surface area contributed by atoms with E-state index in [0.29, 0.717) is 12.1 Å². The van der Waals surface area contributed by atoms with Gasteiger partial charge in [-0.3, -0.25) is 4.79 Å². The van der Waals surface area contributed by atoms with E-state index in [-0.39, 0.29) is 5.91 Å². The predicted molar refractivity (Wildman–Crippen MR) is 85.3 cm³/mol. The van der Waals surface area contributed by atoms with Crippen LogP contribution in [0.15, 0.2) is 43.1 Å². The number of amides is 1. The van der Waals surface area contributed by atoms with Crippen molar-refractivity contribution in [3.63, 3.8) is 0 Å². The molecule has 4 rings (SSSR count). The van der Waals surface area contributed by atoms with Crippen molar-refractivity contribution in [2.45, 2.75) is 13.5 Å². The Bertz CT molecular complexity index is 1020. The molecule has 4 aromatic rings. The molecule has 23 heavy (non-hydrogen) atoms. The molecule has 0 fully saturated rings. The standard InChI is InChI=1S/C16H16N6O/c1-11-4-3-5-21-12(8-17-14(11)21)9-18-15(23)13-10-19-22-7-6-20(2)16(13)22/h3-8,10H,9H2,1-2H3,(H,18,23). The van der Waals surface area contributed by atoms with Crippen LogP contribution in [0.1, 0.15) is 21.6 Å². The molecule has 0 bridgehead atoms. The van der Waals surface area contributed by atoms with Crippen molar-refractivity contribution in [2.75, 3.05) is 0 Å². The van der Waals surface area contributed by atoms with Gasteiger partial charge in [-0.15, -0.1) is 0 Å². The molecular weight excluding hydrogens is 292 g/mol. The third-order valence-corrected chi connectivity index (χ3v) is 4.02. The van der Waals surface area contributed by atoms with E-state index in [1.807, 2.05) is 53.7 Å². The van der Waals surface area contributed by atoms with Crippen LogP contribution in [-0.4, -0.2) is 29.5 Å². The van der Waals surface area contributed by atoms with Crippen LogP contribution < -0.4 is 5.32 Å². The minimum Gasteiger partial charge on any atom is -0.346 e. The Hall–Kier alpha value is -3.09. The number of hydrogen-bond acceptors (Lipinski definition) is 3. The monoisotopic (exact) mass is 308 g/mol. The van der Waals surface area contributed by atoms with Crippen molar-refractivity contribution in [3.05, 3.63) is 59.9 Å². The van der Waals surface area contributed by atoms with Gasteiger partial charge >= 0.3 is 0 Å². The lowest BCUT2D eigenvalue weighted by Gasteiger charge is -2.05. The Morgan fingerprint density at radius 2 is 2.13 bits per heavy atom. The molecule has 0 atom stereocenters. The second-order valence-electron chi connectivity index (χ2n) is 5.55. The van der Waals surface area contributed by atoms with Crippen molar-refractivity contribution in [1.82, 2.24) is 28.9 Å². The summed E-state index contributed by atoms with van der Waals surface area (Å²) in [7, 11) is 1.89. The van der Waals surface area contributed by atoms with Gasteiger partial charge in [-0.25, -0.2) is 9.50 Å². The highest BCUT2D eigenvalue weighted by Crippen LogP contribution is 2.13. The summed E-state index contributed by atoms with van der Waals surface area (Å²) in [6.07, 6.45) is 9.01. The molecule has 0 saturated heterocycles. The molecule has 0 radical (unpaired) electrons. The van der Waals surface area contributed by atoms with Crippen LogP contribution in [0.3, 0.4) is 0 Å². The number of hydrogen-bond donors (Lipinski definition) is 1. The summed E-state index contributed by atoms with van der Waals surface area (Å²) in [6.45, 7) is 2.43. The average molecular weight is 308 g/mol. The summed E-state index contributed by atoms with van der Waals surface area (Å²) in [5.74, 6) is -0.149. The van der Waals surface area contributed by atoms with E-state index in [4.69, 9.17) is 0 Å². The SMILES string of the molecule is Cc1cccn2c(CNC(=O)c3cnn4ccn(C)c34)cnc12. The predicted octanol–water partition coefficient (Wildman–Crippen LogP) is 1.56. The van der Waals surface area contributed by atoms with Crippen LogP contribution in [0, 0.1) is 6.92 Å². The molecule has 0 aromatic carbocycles. The van der Waals surface area contributed by atoms with Gasteiger partial charge in [-0.1, -0.05) is 6.07 Å². The van der Waals surface area contributed by atoms with Gasteiger partial charge in [0.2, 0.25) is 0 Å². The van der Waals surface area contributed by atoms with Gasteiger partial charge in [-0.05, 0) is 18.6 Å². The van der Waals surface area contributed by atoms with Gasteiger partial charge in [0.15, 0.2) is 0 Å². The summed E-state index contributed by atoms with van der Waals surface area (Å²) in [5.41, 5.74) is 4.28. The Morgan fingerprint density at radius 3 is 3.00 bits per heavy atom. The zero-order chi connectivity index (χ0) is 16.0. The smallest absolute Gasteiger partial charge is 0.257 e. The van der Waals surface area contributed by atoms with Crippen LogP contribution in [0.5, 0.6) is 0 Å². The number of carbonyl (C=O) groups is 1. The number of aromatic nitrogens is 5. The molecule has 4 heterocycles. The number of rotatable bonds is 3. The first-order chi connectivity index (χ1) is 11.1. The van der Waals surface area contributed by atoms with Gasteiger partial charge in [0.25, 0.3) is 5.91 Å². The fraction of sp³-hybridized carbons (Fsp3) is 0.188. The second-order valence-corrected chi connectivity index (χ2v) is 5.55. The van der Waals surface area contributed by atoms with Crippen LogP contribution >= 0.6 is 0 Å². The van der Waals surface area contributed by atoms with E-state index < -0.39 is 0 Å². The summed E-state index contributed by atoms with van der Waals surface area (Å²) < 4.78 is 5.55. The van der Waals surface area contributed by atoms with Crippen molar-refractivity contribution in [1.29, 1.82) is 0 Å². The minimum atomic E-state index is -0.149. The number of imidazole rings is 2. The first-order valence-corrected chi connectivity index (χ1v) is 7.33. The fourth-order valence-corrected chi connectivity index (χ4v) is 2.81. The normalized spacial score (nSPS) is 11.4. The molecule has 0 aliphatic carbocycles. The number of carbonyl (C=O) groups excluding carboxylic acids is 1. The second kappa shape index (κ2) is 4.98. The lowest BCUT2D eigenvalue weighted by molar-refractivity contribution is 0.0951. The summed E-state index contributed by atoms with van der Waals surface area (Å²) in [6, 6.07) is 3.99. The molecule has 7 heteroatoms. The molecule has 4 aromatic heterocycles. The average Bonchev–Trinajstić information content (AvgIpc) is 3.22. The lowest BCUT2D eigenvalue weighted by Crippen LogP contribution is -2.23. The quantitative estimate of drug-likeness (QED) is 0.624. The zero-order valence-electron chi connectivity index (χ0n) is 12.9. The molecular formula is C16H16N6O. The van der Waals surface area contributed by atoms with E-state index in [9.17, 15) is 4.79 Å². The van der Waals surface area contributed by atoms with Crippen LogP contribution in [0.4, 0.5) is 0 Å². The van der Waals surface area contributed by atoms with Crippen LogP contribution in [0.2, 0.25) is 0 Å². The summed E-state index contributed by atoms with van der Waals surface area (Å²) in [4.78, 5) is 16.9. The molecule has 1 N–H and O–H groups in total. The highest BCUT2D eigenvalue weighted by Gasteiger charge is 2.15. The topological polar surface area (TPSA) is 68.6 Å². The maximum Gasteiger partial charge on any atom is 0.257 e.